The van der Waals surface area contributed by atoms with E-state index in [0.29, 0.717) is 27.5 Å². The zero-order chi connectivity index (χ0) is 30.3. The van der Waals surface area contributed by atoms with Gasteiger partial charge in [0.25, 0.3) is 0 Å². The van der Waals surface area contributed by atoms with Crippen molar-refractivity contribution in [1.82, 2.24) is 0 Å². The molecule has 8 nitrogen and oxygen atoms in total. The minimum atomic E-state index is -1.08. The third-order valence-corrected chi connectivity index (χ3v) is 6.83. The molecule has 214 valence electrons. The molecular weight excluding hydrogens is 537 g/mol. The second kappa shape index (κ2) is 13.5. The van der Waals surface area contributed by atoms with Crippen molar-refractivity contribution in [2.24, 2.45) is 0 Å². The lowest BCUT2D eigenvalue weighted by Gasteiger charge is -2.36. The summed E-state index contributed by atoms with van der Waals surface area (Å²) in [5, 5.41) is 22.2. The maximum Gasteiger partial charge on any atom is 0.337 e. The second-order valence-corrected chi connectivity index (χ2v) is 10.3. The van der Waals surface area contributed by atoms with Gasteiger partial charge in [-0.25, -0.2) is 9.18 Å². The fourth-order valence-corrected chi connectivity index (χ4v) is 3.51. The minimum absolute atomic E-state index is 0.0439. The fourth-order valence-electron chi connectivity index (χ4n) is 3.25. The van der Waals surface area contributed by atoms with E-state index in [0.717, 1.165) is 17.9 Å². The van der Waals surface area contributed by atoms with Crippen LogP contribution in [0.5, 0.6) is 0 Å². The Hall–Kier alpha value is -3.79. The van der Waals surface area contributed by atoms with Gasteiger partial charge in [0.05, 0.1) is 34.7 Å². The normalized spacial score (nSPS) is 11.2. The van der Waals surface area contributed by atoms with Gasteiger partial charge < -0.3 is 15.2 Å². The summed E-state index contributed by atoms with van der Waals surface area (Å²) in [4.78, 5) is 27.6. The molecule has 0 bridgehead atoms. The molecule has 0 spiro atoms. The van der Waals surface area contributed by atoms with E-state index < -0.39 is 23.0 Å². The van der Waals surface area contributed by atoms with Crippen molar-refractivity contribution >= 4 is 40.9 Å². The van der Waals surface area contributed by atoms with Gasteiger partial charge >= 0.3 is 5.97 Å². The summed E-state index contributed by atoms with van der Waals surface area (Å²) in [6.07, 6.45) is 0.775. The van der Waals surface area contributed by atoms with Gasteiger partial charge in [-0.3, -0.25) is 20.5 Å². The molecule has 0 unspecified atom stereocenters. The fraction of sp³-hybridized carbons (Fsp3) is 0.300. The van der Waals surface area contributed by atoms with Gasteiger partial charge in [-0.1, -0.05) is 23.7 Å². The predicted molar refractivity (Wildman–Crippen MR) is 156 cm³/mol. The van der Waals surface area contributed by atoms with E-state index in [1.165, 1.54) is 19.2 Å². The van der Waals surface area contributed by atoms with Crippen LogP contribution in [0.15, 0.2) is 54.6 Å². The van der Waals surface area contributed by atoms with Crippen LogP contribution in [0.25, 0.3) is 0 Å². The first kappa shape index (κ1) is 32.4. The van der Waals surface area contributed by atoms with Crippen LogP contribution in [0, 0.1) is 18.2 Å². The summed E-state index contributed by atoms with van der Waals surface area (Å²) in [6.45, 7) is 8.67. The maximum atomic E-state index is 14.5. The zero-order valence-electron chi connectivity index (χ0n) is 23.6. The van der Waals surface area contributed by atoms with Gasteiger partial charge in [0, 0.05) is 29.4 Å². The van der Waals surface area contributed by atoms with E-state index in [4.69, 9.17) is 21.8 Å². The van der Waals surface area contributed by atoms with E-state index in [1.54, 1.807) is 59.0 Å². The van der Waals surface area contributed by atoms with Crippen LogP contribution >= 0.6 is 11.6 Å². The van der Waals surface area contributed by atoms with E-state index >= 15 is 0 Å². The van der Waals surface area contributed by atoms with Crippen molar-refractivity contribution in [1.29, 1.82) is 5.41 Å². The number of hydrogen-bond acceptors (Lipinski definition) is 8. The molecule has 0 saturated carbocycles. The number of aliphatic hydroxyl groups is 1. The highest BCUT2D eigenvalue weighted by Gasteiger charge is 2.37. The smallest absolute Gasteiger partial charge is 0.337 e. The summed E-state index contributed by atoms with van der Waals surface area (Å²) in [5.74, 6) is -1.34. The highest BCUT2D eigenvalue weighted by atomic mass is 35.5. The number of aryl methyl sites for hydroxylation is 1. The predicted octanol–water partition coefficient (Wildman–Crippen LogP) is 6.42. The van der Waals surface area contributed by atoms with Crippen molar-refractivity contribution in [3.63, 3.8) is 0 Å². The lowest BCUT2D eigenvalue weighted by Crippen LogP contribution is -2.48. The molecule has 4 N–H and O–H groups in total. The number of methoxy groups -OCH3 is 1. The van der Waals surface area contributed by atoms with Gasteiger partial charge in [0.2, 0.25) is 0 Å². The van der Waals surface area contributed by atoms with Gasteiger partial charge in [-0.05, 0) is 82.6 Å². The first-order valence-electron chi connectivity index (χ1n) is 12.3. The number of esters is 1. The number of aldehydes is 1. The van der Waals surface area contributed by atoms with Gasteiger partial charge in [0.1, 0.15) is 11.4 Å². The number of benzene rings is 3. The van der Waals surface area contributed by atoms with Crippen molar-refractivity contribution in [3.05, 3.63) is 93.3 Å². The van der Waals surface area contributed by atoms with Crippen LogP contribution in [-0.4, -0.2) is 48.4 Å². The van der Waals surface area contributed by atoms with Crippen molar-refractivity contribution in [3.8, 4) is 0 Å². The van der Waals surface area contributed by atoms with Crippen LogP contribution in [0.4, 0.5) is 15.8 Å². The number of rotatable bonds is 9. The summed E-state index contributed by atoms with van der Waals surface area (Å²) >= 11 is 5.70. The van der Waals surface area contributed by atoms with Crippen molar-refractivity contribution in [2.75, 3.05) is 25.0 Å². The number of anilines is 2. The van der Waals surface area contributed by atoms with Gasteiger partial charge in [-0.15, -0.1) is 0 Å². The van der Waals surface area contributed by atoms with Crippen LogP contribution in [0.2, 0.25) is 5.02 Å². The number of hydrogen-bond donors (Lipinski definition) is 4. The Morgan fingerprint density at radius 2 is 1.73 bits per heavy atom. The molecule has 0 amide bonds. The lowest BCUT2D eigenvalue weighted by atomic mass is 9.90. The Kier molecular flexibility index (Phi) is 11.0. The molecule has 10 heteroatoms. The Labute approximate surface area is 238 Å². The molecule has 0 aromatic heterocycles. The molecular formula is C30H35ClFN3O5. The quantitative estimate of drug-likeness (QED) is 0.101. The van der Waals surface area contributed by atoms with Crippen LogP contribution < -0.4 is 10.8 Å². The lowest BCUT2D eigenvalue weighted by molar-refractivity contribution is -0.130. The molecule has 0 aliphatic heterocycles. The van der Waals surface area contributed by atoms with Gasteiger partial charge in [-0.2, -0.15) is 0 Å². The zero-order valence-corrected chi connectivity index (χ0v) is 24.4. The van der Waals surface area contributed by atoms with Gasteiger partial charge in [0.15, 0.2) is 6.29 Å². The monoisotopic (exact) mass is 571 g/mol. The number of halogens is 2. The molecule has 0 radical (unpaired) electrons. The maximum absolute atomic E-state index is 14.5. The molecule has 0 atom stereocenters. The summed E-state index contributed by atoms with van der Waals surface area (Å²) in [5.41, 5.74) is 4.09. The Morgan fingerprint density at radius 3 is 2.23 bits per heavy atom. The third kappa shape index (κ3) is 7.88. The largest absolute Gasteiger partial charge is 0.465 e. The Morgan fingerprint density at radius 1 is 1.07 bits per heavy atom. The third-order valence-electron chi connectivity index (χ3n) is 6.50. The van der Waals surface area contributed by atoms with Crippen LogP contribution in [-0.2, 0) is 9.57 Å². The Bertz CT molecular complexity index is 1370. The molecule has 3 aromatic carbocycles. The number of carbonyl (C=O) groups excluding carboxylic acids is 2. The van der Waals surface area contributed by atoms with Crippen molar-refractivity contribution in [2.45, 2.75) is 45.8 Å². The summed E-state index contributed by atoms with van der Waals surface area (Å²) in [6, 6.07) is 14.3. The van der Waals surface area contributed by atoms with Crippen LogP contribution in [0.1, 0.15) is 65.1 Å². The molecule has 3 aromatic rings. The average molecular weight is 572 g/mol. The van der Waals surface area contributed by atoms with Crippen LogP contribution in [0.3, 0.4) is 0 Å². The van der Waals surface area contributed by atoms with Crippen molar-refractivity contribution < 1.29 is 28.7 Å². The minimum Gasteiger partial charge on any atom is -0.465 e. The average Bonchev–Trinajstić information content (AvgIpc) is 2.90. The highest BCUT2D eigenvalue weighted by Crippen LogP contribution is 2.28. The molecule has 0 aliphatic rings. The summed E-state index contributed by atoms with van der Waals surface area (Å²) < 4.78 is 19.1. The summed E-state index contributed by atoms with van der Waals surface area (Å²) in [7, 11) is 2.91. The number of ether oxygens (including phenoxy) is 1. The van der Waals surface area contributed by atoms with E-state index in [-0.39, 0.29) is 16.8 Å². The van der Waals surface area contributed by atoms with E-state index in [2.05, 4.69) is 15.5 Å². The molecule has 40 heavy (non-hydrogen) atoms. The highest BCUT2D eigenvalue weighted by molar-refractivity contribution is 6.33. The molecule has 0 saturated heterocycles. The SMILES string of the molecule is CNc1cc(NOC(C)(C)C(C)(C)O)ccc1C(=N)c1ccc(C(=O)OC)cc1F.Cc1cccc(Cl)c1C=O. The Balaban J connectivity index is 0.000000469. The first-order valence-corrected chi connectivity index (χ1v) is 12.7. The number of carbonyl (C=O) groups is 2. The molecule has 0 aliphatic carbocycles. The first-order chi connectivity index (χ1) is 18.7. The standard InChI is InChI=1S/C22H28FN3O4.C8H7ClO/c1-21(2,28)22(3,4)30-26-14-8-10-16(18(12-14)25-5)19(24)15-9-7-13(11-17(15)23)20(27)29-6;1-6-3-2-4-8(9)7(6)5-10/h7-12,24-26,28H,1-6H3;2-5H,1H3. The topological polar surface area (TPSA) is 121 Å². The second-order valence-electron chi connectivity index (χ2n) is 9.93. The van der Waals surface area contributed by atoms with E-state index in [1.807, 2.05) is 19.1 Å². The van der Waals surface area contributed by atoms with E-state index in [9.17, 15) is 19.1 Å². The number of nitrogens with one attached hydrogen (secondary N) is 3. The molecule has 0 heterocycles. The molecule has 3 rings (SSSR count). The molecule has 0 fully saturated rings.